The van der Waals surface area contributed by atoms with Gasteiger partial charge in [-0.3, -0.25) is 4.98 Å². The fourth-order valence-electron chi connectivity index (χ4n) is 4.29. The maximum atomic E-state index is 12.2. The predicted molar refractivity (Wildman–Crippen MR) is 137 cm³/mol. The Morgan fingerprint density at radius 1 is 1.26 bits per heavy atom. The van der Waals surface area contributed by atoms with Gasteiger partial charge in [0, 0.05) is 36.6 Å². The Bertz CT molecular complexity index is 1180. The molecule has 0 radical (unpaired) electrons. The lowest BCUT2D eigenvalue weighted by molar-refractivity contribution is 0.0528. The number of ether oxygens (including phenoxy) is 1. The number of carbonyl (C=O) groups excluding carboxylic acids is 1. The molecule has 9 heteroatoms. The fourth-order valence-corrected chi connectivity index (χ4v) is 4.29. The third-order valence-electron chi connectivity index (χ3n) is 5.77. The molecule has 1 aliphatic rings. The minimum absolute atomic E-state index is 0.221. The van der Waals surface area contributed by atoms with Gasteiger partial charge in [0.1, 0.15) is 11.4 Å². The largest absolute Gasteiger partial charge is 0.444 e. The van der Waals surface area contributed by atoms with Crippen LogP contribution in [0, 0.1) is 0 Å². The number of amides is 1. The summed E-state index contributed by atoms with van der Waals surface area (Å²) in [6.45, 7) is 9.92. The number of allylic oxidation sites excluding steroid dienone is 1. The maximum Gasteiger partial charge on any atom is 0.407 e. The highest BCUT2D eigenvalue weighted by Crippen LogP contribution is 2.24. The zero-order valence-electron chi connectivity index (χ0n) is 21.0. The van der Waals surface area contributed by atoms with Crippen LogP contribution in [0.5, 0.6) is 0 Å². The van der Waals surface area contributed by atoms with Crippen molar-refractivity contribution in [2.75, 3.05) is 25.0 Å². The second-order valence-electron chi connectivity index (χ2n) is 9.77. The Labute approximate surface area is 206 Å². The number of carbonyl (C=O) groups is 1. The van der Waals surface area contributed by atoms with E-state index in [-0.39, 0.29) is 6.04 Å². The zero-order valence-corrected chi connectivity index (χ0v) is 21.0. The molecule has 0 saturated carbocycles. The van der Waals surface area contributed by atoms with Crippen LogP contribution in [-0.2, 0) is 4.74 Å². The number of rotatable bonds is 7. The van der Waals surface area contributed by atoms with Gasteiger partial charge in [0.2, 0.25) is 0 Å². The molecule has 1 amide bonds. The molecular formula is C26H35N7O2. The SMILES string of the molecule is CC/C=C(/CNC(=O)OC(C)(C)C)N1CCCC(Nc2cncc(-c3cnn4ccccc34)n2)C1. The van der Waals surface area contributed by atoms with Crippen molar-refractivity contribution in [3.05, 3.63) is 54.8 Å². The van der Waals surface area contributed by atoms with Gasteiger partial charge in [-0.2, -0.15) is 5.10 Å². The van der Waals surface area contributed by atoms with E-state index in [9.17, 15) is 4.79 Å². The van der Waals surface area contributed by atoms with Crippen LogP contribution >= 0.6 is 0 Å². The maximum absolute atomic E-state index is 12.2. The number of hydrogen-bond donors (Lipinski definition) is 2. The Morgan fingerprint density at radius 3 is 2.91 bits per heavy atom. The third kappa shape index (κ3) is 6.49. The van der Waals surface area contributed by atoms with E-state index in [1.165, 1.54) is 0 Å². The first kappa shape index (κ1) is 24.5. The highest BCUT2D eigenvalue weighted by Gasteiger charge is 2.23. The van der Waals surface area contributed by atoms with Crippen LogP contribution in [0.1, 0.15) is 47.0 Å². The van der Waals surface area contributed by atoms with E-state index in [0.29, 0.717) is 6.54 Å². The highest BCUT2D eigenvalue weighted by atomic mass is 16.6. The van der Waals surface area contributed by atoms with Gasteiger partial charge >= 0.3 is 6.09 Å². The number of nitrogens with one attached hydrogen (secondary N) is 2. The van der Waals surface area contributed by atoms with Crippen molar-refractivity contribution < 1.29 is 9.53 Å². The number of aromatic nitrogens is 4. The van der Waals surface area contributed by atoms with Gasteiger partial charge in [0.25, 0.3) is 0 Å². The van der Waals surface area contributed by atoms with Crippen molar-refractivity contribution in [3.63, 3.8) is 0 Å². The van der Waals surface area contributed by atoms with Gasteiger partial charge in [-0.25, -0.2) is 14.3 Å². The van der Waals surface area contributed by atoms with E-state index in [1.807, 2.05) is 55.9 Å². The number of nitrogens with zero attached hydrogens (tertiary/aromatic N) is 5. The van der Waals surface area contributed by atoms with E-state index in [0.717, 1.165) is 60.6 Å². The lowest BCUT2D eigenvalue weighted by Crippen LogP contribution is -2.44. The molecule has 1 saturated heterocycles. The smallest absolute Gasteiger partial charge is 0.407 e. The summed E-state index contributed by atoms with van der Waals surface area (Å²) in [6.07, 6.45) is 12.0. The first-order valence-corrected chi connectivity index (χ1v) is 12.2. The summed E-state index contributed by atoms with van der Waals surface area (Å²) in [7, 11) is 0. The van der Waals surface area contributed by atoms with Crippen LogP contribution < -0.4 is 10.6 Å². The standard InChI is InChI=1S/C26H35N7O2/c1-5-9-20(14-28-25(34)35-26(2,3)4)32-12-8-10-19(18-32)30-24-17-27-16-22(31-24)21-15-29-33-13-7-6-11-23(21)33/h6-7,9,11,13,15-17,19H,5,8,10,12,14,18H2,1-4H3,(H,28,34)(H,30,31)/b20-9-. The molecule has 1 aliphatic heterocycles. The molecule has 0 aromatic carbocycles. The third-order valence-corrected chi connectivity index (χ3v) is 5.77. The quantitative estimate of drug-likeness (QED) is 0.518. The Hall–Kier alpha value is -3.62. The molecule has 0 aliphatic carbocycles. The average Bonchev–Trinajstić information content (AvgIpc) is 3.25. The summed E-state index contributed by atoms with van der Waals surface area (Å²) in [5.74, 6) is 0.748. The molecule has 9 nitrogen and oxygen atoms in total. The van der Waals surface area contributed by atoms with Crippen molar-refractivity contribution in [2.24, 2.45) is 0 Å². The van der Waals surface area contributed by atoms with E-state index in [2.05, 4.69) is 38.6 Å². The Kier molecular flexibility index (Phi) is 7.53. The number of anilines is 1. The van der Waals surface area contributed by atoms with Crippen LogP contribution in [-0.4, -0.2) is 61.9 Å². The summed E-state index contributed by atoms with van der Waals surface area (Å²) in [4.78, 5) is 23.7. The molecule has 0 bridgehead atoms. The topological polar surface area (TPSA) is 96.7 Å². The lowest BCUT2D eigenvalue weighted by Gasteiger charge is -2.36. The van der Waals surface area contributed by atoms with Crippen LogP contribution in [0.2, 0.25) is 0 Å². The molecule has 1 fully saturated rings. The number of hydrogen-bond acceptors (Lipinski definition) is 7. The van der Waals surface area contributed by atoms with E-state index < -0.39 is 11.7 Å². The number of likely N-dealkylation sites (tertiary alicyclic amines) is 1. The fraction of sp³-hybridized carbons (Fsp3) is 0.462. The van der Waals surface area contributed by atoms with Gasteiger partial charge in [-0.05, 0) is 52.2 Å². The van der Waals surface area contributed by atoms with Crippen molar-refractivity contribution >= 4 is 17.4 Å². The highest BCUT2D eigenvalue weighted by molar-refractivity contribution is 5.77. The van der Waals surface area contributed by atoms with Gasteiger partial charge in [0.05, 0.1) is 36.3 Å². The molecule has 4 heterocycles. The molecule has 3 aromatic rings. The summed E-state index contributed by atoms with van der Waals surface area (Å²) in [5.41, 5.74) is 3.33. The second-order valence-corrected chi connectivity index (χ2v) is 9.77. The minimum Gasteiger partial charge on any atom is -0.444 e. The summed E-state index contributed by atoms with van der Waals surface area (Å²) in [6, 6.07) is 6.19. The number of piperidine rings is 1. The van der Waals surface area contributed by atoms with Gasteiger partial charge in [-0.15, -0.1) is 0 Å². The molecule has 1 unspecified atom stereocenters. The van der Waals surface area contributed by atoms with Gasteiger partial charge in [-0.1, -0.05) is 19.1 Å². The molecule has 0 spiro atoms. The van der Waals surface area contributed by atoms with Crippen LogP contribution in [0.15, 0.2) is 54.8 Å². The molecule has 186 valence electrons. The molecule has 2 N–H and O–H groups in total. The van der Waals surface area contributed by atoms with Crippen LogP contribution in [0.4, 0.5) is 10.6 Å². The normalized spacial score (nSPS) is 16.9. The van der Waals surface area contributed by atoms with Gasteiger partial charge < -0.3 is 20.3 Å². The average molecular weight is 478 g/mol. The number of alkyl carbamates (subject to hydrolysis) is 1. The predicted octanol–water partition coefficient (Wildman–Crippen LogP) is 4.49. The number of pyridine rings is 1. The van der Waals surface area contributed by atoms with Crippen molar-refractivity contribution in [1.29, 1.82) is 0 Å². The first-order chi connectivity index (χ1) is 16.8. The lowest BCUT2D eigenvalue weighted by atomic mass is 10.0. The summed E-state index contributed by atoms with van der Waals surface area (Å²) < 4.78 is 7.23. The van der Waals surface area contributed by atoms with Crippen molar-refractivity contribution in [2.45, 2.75) is 58.6 Å². The summed E-state index contributed by atoms with van der Waals surface area (Å²) >= 11 is 0. The first-order valence-electron chi connectivity index (χ1n) is 12.2. The molecule has 4 rings (SSSR count). The van der Waals surface area contributed by atoms with Crippen molar-refractivity contribution in [1.82, 2.24) is 29.8 Å². The van der Waals surface area contributed by atoms with E-state index in [4.69, 9.17) is 9.72 Å². The van der Waals surface area contributed by atoms with E-state index >= 15 is 0 Å². The number of fused-ring (bicyclic) bond motifs is 1. The van der Waals surface area contributed by atoms with E-state index in [1.54, 1.807) is 12.4 Å². The van der Waals surface area contributed by atoms with Crippen LogP contribution in [0.3, 0.4) is 0 Å². The minimum atomic E-state index is -0.516. The monoisotopic (exact) mass is 477 g/mol. The van der Waals surface area contributed by atoms with Crippen molar-refractivity contribution in [3.8, 4) is 11.3 Å². The summed E-state index contributed by atoms with van der Waals surface area (Å²) in [5, 5.41) is 10.9. The molecule has 3 aromatic heterocycles. The Balaban J connectivity index is 1.41. The van der Waals surface area contributed by atoms with Gasteiger partial charge in [0.15, 0.2) is 0 Å². The zero-order chi connectivity index (χ0) is 24.8. The van der Waals surface area contributed by atoms with Crippen LogP contribution in [0.25, 0.3) is 16.8 Å². The molecular weight excluding hydrogens is 442 g/mol. The molecule has 35 heavy (non-hydrogen) atoms. The second kappa shape index (κ2) is 10.8. The Morgan fingerprint density at radius 2 is 2.11 bits per heavy atom. The molecule has 1 atom stereocenters.